The van der Waals surface area contributed by atoms with Gasteiger partial charge in [-0.1, -0.05) is 22.9 Å². The van der Waals surface area contributed by atoms with Crippen LogP contribution in [0.1, 0.15) is 22.2 Å². The molecule has 6 heteroatoms. The lowest BCUT2D eigenvalue weighted by molar-refractivity contribution is 0.103. The predicted octanol–water partition coefficient (Wildman–Crippen LogP) is 5.85. The van der Waals surface area contributed by atoms with Gasteiger partial charge in [-0.2, -0.15) is 0 Å². The Hall–Kier alpha value is -0.170. The third kappa shape index (κ3) is 3.68. The van der Waals surface area contributed by atoms with Crippen LogP contribution in [-0.4, -0.2) is 5.91 Å². The van der Waals surface area contributed by atoms with E-state index in [4.69, 9.17) is 0 Å². The zero-order valence-corrected chi connectivity index (χ0v) is 15.5. The third-order valence-electron chi connectivity index (χ3n) is 2.57. The second-order valence-electron chi connectivity index (χ2n) is 3.84. The highest BCUT2D eigenvalue weighted by molar-refractivity contribution is 9.13. The highest BCUT2D eigenvalue weighted by atomic mass is 79.9. The fraction of sp³-hybridized carbons (Fsp3) is 0.154. The lowest BCUT2D eigenvalue weighted by Crippen LogP contribution is -2.11. The van der Waals surface area contributed by atoms with Gasteiger partial charge in [0, 0.05) is 14.6 Å². The zero-order chi connectivity index (χ0) is 14.0. The van der Waals surface area contributed by atoms with Gasteiger partial charge in [0.1, 0.15) is 0 Å². The van der Waals surface area contributed by atoms with E-state index in [0.29, 0.717) is 4.88 Å². The maximum absolute atomic E-state index is 12.2. The molecule has 1 heterocycles. The highest BCUT2D eigenvalue weighted by Crippen LogP contribution is 2.33. The third-order valence-corrected chi connectivity index (χ3v) is 6.31. The Bertz CT molecular complexity index is 605. The van der Waals surface area contributed by atoms with Crippen molar-refractivity contribution in [1.82, 2.24) is 0 Å². The molecule has 1 N–H and O–H groups in total. The quantitative estimate of drug-likeness (QED) is 0.602. The summed E-state index contributed by atoms with van der Waals surface area (Å²) in [7, 11) is 0. The molecule has 0 fully saturated rings. The molecular formula is C13H10Br3NOS. The monoisotopic (exact) mass is 465 g/mol. The first-order valence-electron chi connectivity index (χ1n) is 5.56. The molecular weight excluding hydrogens is 458 g/mol. The standard InChI is InChI=1S/C13H10Br3NOS/c1-2-7-5-8(14)3-4-10(7)17-13(18)11-6-9(15)12(16)19-11/h3-6H,2H2,1H3,(H,17,18). The molecule has 0 aliphatic carbocycles. The summed E-state index contributed by atoms with van der Waals surface area (Å²) in [5, 5.41) is 2.95. The number of carbonyl (C=O) groups excluding carboxylic acids is 1. The van der Waals surface area contributed by atoms with Gasteiger partial charge in [-0.3, -0.25) is 4.79 Å². The number of hydrogen-bond acceptors (Lipinski definition) is 2. The number of benzene rings is 1. The Balaban J connectivity index is 2.23. The molecule has 0 radical (unpaired) electrons. The van der Waals surface area contributed by atoms with Crippen LogP contribution < -0.4 is 5.32 Å². The van der Waals surface area contributed by atoms with E-state index in [0.717, 1.165) is 30.4 Å². The van der Waals surface area contributed by atoms with Crippen LogP contribution in [0.25, 0.3) is 0 Å². The van der Waals surface area contributed by atoms with Crippen LogP contribution in [0.4, 0.5) is 5.69 Å². The van der Waals surface area contributed by atoms with Crippen LogP contribution in [0.5, 0.6) is 0 Å². The summed E-state index contributed by atoms with van der Waals surface area (Å²) in [6.45, 7) is 2.07. The molecule has 0 saturated heterocycles. The fourth-order valence-corrected chi connectivity index (χ4v) is 3.96. The fourth-order valence-electron chi connectivity index (χ4n) is 1.62. The van der Waals surface area contributed by atoms with Crippen LogP contribution in [0.3, 0.4) is 0 Å². The molecule has 2 rings (SSSR count). The molecule has 0 saturated carbocycles. The molecule has 0 aliphatic heterocycles. The summed E-state index contributed by atoms with van der Waals surface area (Å²) in [5.41, 5.74) is 1.97. The lowest BCUT2D eigenvalue weighted by atomic mass is 10.1. The summed E-state index contributed by atoms with van der Waals surface area (Å²) in [4.78, 5) is 12.8. The van der Waals surface area contributed by atoms with Gasteiger partial charge in [0.05, 0.1) is 8.66 Å². The Kier molecular flexibility index (Phi) is 5.22. The van der Waals surface area contributed by atoms with Crippen molar-refractivity contribution < 1.29 is 4.79 Å². The van der Waals surface area contributed by atoms with E-state index in [-0.39, 0.29) is 5.91 Å². The van der Waals surface area contributed by atoms with E-state index < -0.39 is 0 Å². The van der Waals surface area contributed by atoms with E-state index in [2.05, 4.69) is 60.0 Å². The Labute approximate surface area is 141 Å². The Morgan fingerprint density at radius 2 is 2.00 bits per heavy atom. The molecule has 0 aliphatic rings. The largest absolute Gasteiger partial charge is 0.321 e. The molecule has 2 nitrogen and oxygen atoms in total. The van der Waals surface area contributed by atoms with Gasteiger partial charge in [-0.05, 0) is 68.1 Å². The number of hydrogen-bond donors (Lipinski definition) is 1. The molecule has 0 unspecified atom stereocenters. The lowest BCUT2D eigenvalue weighted by Gasteiger charge is -2.09. The van der Waals surface area contributed by atoms with Crippen LogP contribution >= 0.6 is 59.1 Å². The van der Waals surface area contributed by atoms with Crippen LogP contribution in [-0.2, 0) is 6.42 Å². The van der Waals surface area contributed by atoms with E-state index in [9.17, 15) is 4.79 Å². The van der Waals surface area contributed by atoms with Crippen molar-refractivity contribution in [3.8, 4) is 0 Å². The molecule has 19 heavy (non-hydrogen) atoms. The van der Waals surface area contributed by atoms with Gasteiger partial charge in [0.25, 0.3) is 5.91 Å². The molecule has 0 bridgehead atoms. The minimum absolute atomic E-state index is 0.0894. The van der Waals surface area contributed by atoms with Gasteiger partial charge in [0.2, 0.25) is 0 Å². The normalized spacial score (nSPS) is 10.5. The van der Waals surface area contributed by atoms with E-state index in [1.54, 1.807) is 0 Å². The van der Waals surface area contributed by atoms with Gasteiger partial charge < -0.3 is 5.32 Å². The van der Waals surface area contributed by atoms with E-state index >= 15 is 0 Å². The Morgan fingerprint density at radius 3 is 2.58 bits per heavy atom. The first-order valence-corrected chi connectivity index (χ1v) is 8.75. The van der Waals surface area contributed by atoms with Gasteiger partial charge in [-0.15, -0.1) is 11.3 Å². The maximum atomic E-state index is 12.2. The van der Waals surface area contributed by atoms with E-state index in [1.165, 1.54) is 11.3 Å². The topological polar surface area (TPSA) is 29.1 Å². The van der Waals surface area contributed by atoms with Crippen molar-refractivity contribution in [2.45, 2.75) is 13.3 Å². The molecule has 1 aromatic heterocycles. The smallest absolute Gasteiger partial charge is 0.265 e. The average Bonchev–Trinajstić information content (AvgIpc) is 2.72. The number of amides is 1. The van der Waals surface area contributed by atoms with Gasteiger partial charge >= 0.3 is 0 Å². The van der Waals surface area contributed by atoms with Crippen molar-refractivity contribution in [1.29, 1.82) is 0 Å². The zero-order valence-electron chi connectivity index (χ0n) is 9.97. The number of carbonyl (C=O) groups is 1. The summed E-state index contributed by atoms with van der Waals surface area (Å²) < 4.78 is 2.84. The summed E-state index contributed by atoms with van der Waals surface area (Å²) in [6, 6.07) is 7.68. The number of halogens is 3. The van der Waals surface area contributed by atoms with Gasteiger partial charge in [-0.25, -0.2) is 0 Å². The van der Waals surface area contributed by atoms with Crippen molar-refractivity contribution in [2.24, 2.45) is 0 Å². The number of aryl methyl sites for hydroxylation is 1. The second-order valence-corrected chi connectivity index (χ2v) is 7.98. The highest BCUT2D eigenvalue weighted by Gasteiger charge is 2.13. The summed E-state index contributed by atoms with van der Waals surface area (Å²) in [5.74, 6) is -0.0894. The number of anilines is 1. The minimum Gasteiger partial charge on any atom is -0.321 e. The van der Waals surface area contributed by atoms with Gasteiger partial charge in [0.15, 0.2) is 0 Å². The molecule has 0 spiro atoms. The molecule has 2 aromatic rings. The average molecular weight is 468 g/mol. The molecule has 1 aromatic carbocycles. The number of rotatable bonds is 3. The number of thiophene rings is 1. The first kappa shape index (κ1) is 15.2. The van der Waals surface area contributed by atoms with Crippen molar-refractivity contribution in [2.75, 3.05) is 5.32 Å². The van der Waals surface area contributed by atoms with Crippen molar-refractivity contribution in [3.05, 3.63) is 47.4 Å². The number of nitrogens with one attached hydrogen (secondary N) is 1. The second kappa shape index (κ2) is 6.52. The molecule has 0 atom stereocenters. The van der Waals surface area contributed by atoms with Crippen molar-refractivity contribution >= 4 is 70.7 Å². The SMILES string of the molecule is CCc1cc(Br)ccc1NC(=O)c1cc(Br)c(Br)s1. The predicted molar refractivity (Wildman–Crippen MR) is 91.2 cm³/mol. The van der Waals surface area contributed by atoms with Crippen LogP contribution in [0, 0.1) is 0 Å². The molecule has 1 amide bonds. The van der Waals surface area contributed by atoms with E-state index in [1.807, 2.05) is 24.3 Å². The minimum atomic E-state index is -0.0894. The van der Waals surface area contributed by atoms with Crippen LogP contribution in [0.2, 0.25) is 0 Å². The first-order chi connectivity index (χ1) is 9.01. The Morgan fingerprint density at radius 1 is 1.26 bits per heavy atom. The molecule has 100 valence electrons. The summed E-state index contributed by atoms with van der Waals surface area (Å²) >= 11 is 11.6. The summed E-state index contributed by atoms with van der Waals surface area (Å²) in [6.07, 6.45) is 0.868. The van der Waals surface area contributed by atoms with Crippen LogP contribution in [0.15, 0.2) is 37.0 Å². The van der Waals surface area contributed by atoms with Crippen molar-refractivity contribution in [3.63, 3.8) is 0 Å². The maximum Gasteiger partial charge on any atom is 0.265 e.